The van der Waals surface area contributed by atoms with Crippen LogP contribution in [0.5, 0.6) is 0 Å². The summed E-state index contributed by atoms with van der Waals surface area (Å²) in [6.07, 6.45) is 1.86. The van der Waals surface area contributed by atoms with Crippen LogP contribution in [-0.4, -0.2) is 10.3 Å². The number of allylic oxidation sites excluding steroid dienone is 1. The Hall–Kier alpha value is -6.91. The number of aromatic nitrogens is 1. The van der Waals surface area contributed by atoms with Gasteiger partial charge in [-0.1, -0.05) is 140 Å². The van der Waals surface area contributed by atoms with E-state index in [1.807, 2.05) is 12.1 Å². The molecule has 11 rings (SSSR count). The van der Waals surface area contributed by atoms with Crippen molar-refractivity contribution in [2.45, 2.75) is 6.17 Å². The molecule has 1 aliphatic heterocycles. The molecule has 1 N–H and O–H groups in total. The quantitative estimate of drug-likeness (QED) is 0.203. The Kier molecular flexibility index (Phi) is 6.28. The first kappa shape index (κ1) is 28.9. The SMILES string of the molecule is C1=C(c2ccccc2)NC(c2ccc3c(c2)oc2c(-n4c5cc6ccccc6cc5c5c6ccccc6ccc54)cccc23)N=C1c1ccccc1. The minimum absolute atomic E-state index is 0.286. The molecule has 0 saturated heterocycles. The summed E-state index contributed by atoms with van der Waals surface area (Å²) in [6, 6.07) is 60.4. The zero-order valence-corrected chi connectivity index (χ0v) is 28.1. The van der Waals surface area contributed by atoms with Crippen LogP contribution in [0, 0.1) is 0 Å². The Balaban J connectivity index is 1.11. The van der Waals surface area contributed by atoms with Crippen molar-refractivity contribution in [3.63, 3.8) is 0 Å². The van der Waals surface area contributed by atoms with E-state index in [4.69, 9.17) is 9.41 Å². The highest BCUT2D eigenvalue weighted by Crippen LogP contribution is 2.42. The van der Waals surface area contributed by atoms with Gasteiger partial charge < -0.3 is 14.3 Å². The number of nitrogens with zero attached hydrogens (tertiary/aromatic N) is 2. The summed E-state index contributed by atoms with van der Waals surface area (Å²) >= 11 is 0. The molecule has 10 aromatic rings. The zero-order chi connectivity index (χ0) is 34.2. The number of benzene rings is 8. The molecule has 1 atom stereocenters. The molecule has 3 heterocycles. The maximum atomic E-state index is 6.92. The monoisotopic (exact) mass is 665 g/mol. The van der Waals surface area contributed by atoms with Gasteiger partial charge in [0.1, 0.15) is 11.7 Å². The summed E-state index contributed by atoms with van der Waals surface area (Å²) in [6.45, 7) is 0. The second-order valence-electron chi connectivity index (χ2n) is 13.6. The Morgan fingerprint density at radius 2 is 1.23 bits per heavy atom. The highest BCUT2D eigenvalue weighted by atomic mass is 16.3. The highest BCUT2D eigenvalue weighted by molar-refractivity contribution is 6.24. The van der Waals surface area contributed by atoms with Crippen LogP contribution < -0.4 is 5.32 Å². The molecule has 52 heavy (non-hydrogen) atoms. The summed E-state index contributed by atoms with van der Waals surface area (Å²) in [4.78, 5) is 5.22. The van der Waals surface area contributed by atoms with Crippen molar-refractivity contribution >= 4 is 76.7 Å². The molecule has 4 heteroatoms. The second-order valence-corrected chi connectivity index (χ2v) is 13.6. The van der Waals surface area contributed by atoms with Gasteiger partial charge in [-0.2, -0.15) is 0 Å². The Bertz CT molecular complexity index is 3090. The molecule has 8 aromatic carbocycles. The first-order valence-corrected chi connectivity index (χ1v) is 17.7. The summed E-state index contributed by atoms with van der Waals surface area (Å²) in [5, 5.41) is 13.3. The van der Waals surface area contributed by atoms with Crippen LogP contribution in [-0.2, 0) is 0 Å². The molecule has 1 aliphatic rings. The van der Waals surface area contributed by atoms with Crippen molar-refractivity contribution in [1.29, 1.82) is 0 Å². The number of nitrogens with one attached hydrogen (secondary N) is 1. The third-order valence-corrected chi connectivity index (χ3v) is 10.6. The minimum atomic E-state index is -0.286. The van der Waals surface area contributed by atoms with Crippen LogP contribution in [0.3, 0.4) is 0 Å². The number of fused-ring (bicyclic) bond motifs is 9. The van der Waals surface area contributed by atoms with Crippen molar-refractivity contribution in [1.82, 2.24) is 9.88 Å². The van der Waals surface area contributed by atoms with E-state index in [1.165, 1.54) is 32.3 Å². The number of furan rings is 1. The van der Waals surface area contributed by atoms with Crippen LogP contribution in [0.25, 0.3) is 76.7 Å². The molecule has 0 saturated carbocycles. The smallest absolute Gasteiger partial charge is 0.159 e. The van der Waals surface area contributed by atoms with Gasteiger partial charge in [0.15, 0.2) is 5.58 Å². The van der Waals surface area contributed by atoms with Gasteiger partial charge in [0.25, 0.3) is 0 Å². The van der Waals surface area contributed by atoms with Gasteiger partial charge in [-0.25, -0.2) is 0 Å². The van der Waals surface area contributed by atoms with E-state index in [1.54, 1.807) is 0 Å². The first-order valence-electron chi connectivity index (χ1n) is 17.7. The molecule has 244 valence electrons. The zero-order valence-electron chi connectivity index (χ0n) is 28.1. The topological polar surface area (TPSA) is 42.5 Å². The summed E-state index contributed by atoms with van der Waals surface area (Å²) in [5.74, 6) is 0. The van der Waals surface area contributed by atoms with Gasteiger partial charge in [0, 0.05) is 32.8 Å². The van der Waals surface area contributed by atoms with Crippen LogP contribution in [0.15, 0.2) is 185 Å². The molecule has 1 unspecified atom stereocenters. The Labute approximate surface area is 299 Å². The standard InChI is InChI=1S/C48H31N3O/c1-3-13-31(14-4-1)40-29-41(32-15-5-2-6-16-32)50-48(49-40)35-22-24-37-38-20-11-21-43(47(38)52-45(37)28-35)51-42-25-23-30-12-9-10-19-36(30)46(42)39-26-33-17-7-8-18-34(33)27-44(39)51/h1-29,48-49H. The fourth-order valence-corrected chi connectivity index (χ4v) is 8.12. The highest BCUT2D eigenvalue weighted by Gasteiger charge is 2.23. The Morgan fingerprint density at radius 3 is 2.06 bits per heavy atom. The van der Waals surface area contributed by atoms with E-state index in [-0.39, 0.29) is 6.17 Å². The van der Waals surface area contributed by atoms with Crippen LogP contribution in [0.2, 0.25) is 0 Å². The third kappa shape index (κ3) is 4.44. The van der Waals surface area contributed by atoms with Crippen molar-refractivity contribution in [3.8, 4) is 5.69 Å². The molecular weight excluding hydrogens is 635 g/mol. The fourth-order valence-electron chi connectivity index (χ4n) is 8.12. The lowest BCUT2D eigenvalue weighted by Gasteiger charge is -2.25. The number of rotatable bonds is 4. The van der Waals surface area contributed by atoms with E-state index in [9.17, 15) is 0 Å². The number of hydrogen-bond acceptors (Lipinski definition) is 3. The van der Waals surface area contributed by atoms with Gasteiger partial charge in [-0.15, -0.1) is 0 Å². The van der Waals surface area contributed by atoms with E-state index in [2.05, 4.69) is 174 Å². The normalized spacial score (nSPS) is 14.7. The summed E-state index contributed by atoms with van der Waals surface area (Å²) in [5.41, 5.74) is 10.3. The number of aliphatic imine (C=N–C) groups is 1. The molecule has 0 bridgehead atoms. The third-order valence-electron chi connectivity index (χ3n) is 10.6. The largest absolute Gasteiger partial charge is 0.454 e. The van der Waals surface area contributed by atoms with Gasteiger partial charge >= 0.3 is 0 Å². The maximum absolute atomic E-state index is 6.92. The average molecular weight is 666 g/mol. The molecule has 0 aliphatic carbocycles. The average Bonchev–Trinajstić information content (AvgIpc) is 3.75. The molecule has 0 spiro atoms. The first-order chi connectivity index (χ1) is 25.8. The van der Waals surface area contributed by atoms with Crippen LogP contribution >= 0.6 is 0 Å². The molecule has 4 nitrogen and oxygen atoms in total. The van der Waals surface area contributed by atoms with Gasteiger partial charge in [0.05, 0.1) is 22.4 Å². The van der Waals surface area contributed by atoms with Crippen molar-refractivity contribution in [2.24, 2.45) is 4.99 Å². The Morgan fingerprint density at radius 1 is 0.519 bits per heavy atom. The molecule has 0 fully saturated rings. The van der Waals surface area contributed by atoms with E-state index >= 15 is 0 Å². The van der Waals surface area contributed by atoms with E-state index in [0.29, 0.717) is 0 Å². The van der Waals surface area contributed by atoms with E-state index in [0.717, 1.165) is 66.8 Å². The lowest BCUT2D eigenvalue weighted by Crippen LogP contribution is -2.24. The predicted molar refractivity (Wildman–Crippen MR) is 216 cm³/mol. The van der Waals surface area contributed by atoms with Crippen LogP contribution in [0.4, 0.5) is 0 Å². The molecule has 0 amide bonds. The maximum Gasteiger partial charge on any atom is 0.159 e. The van der Waals surface area contributed by atoms with Gasteiger partial charge in [0.2, 0.25) is 0 Å². The number of hydrogen-bond donors (Lipinski definition) is 1. The molecule has 0 radical (unpaired) electrons. The second kappa shape index (κ2) is 11.3. The predicted octanol–water partition coefficient (Wildman–Crippen LogP) is 12.1. The van der Waals surface area contributed by atoms with E-state index < -0.39 is 0 Å². The lowest BCUT2D eigenvalue weighted by atomic mass is 10.0. The van der Waals surface area contributed by atoms with Crippen molar-refractivity contribution < 1.29 is 4.42 Å². The fraction of sp³-hybridized carbons (Fsp3) is 0.0208. The lowest BCUT2D eigenvalue weighted by molar-refractivity contribution is 0.649. The molecular formula is C48H31N3O. The van der Waals surface area contributed by atoms with Crippen LogP contribution in [0.1, 0.15) is 22.9 Å². The van der Waals surface area contributed by atoms with Crippen molar-refractivity contribution in [3.05, 3.63) is 193 Å². The van der Waals surface area contributed by atoms with Gasteiger partial charge in [-0.3, -0.25) is 4.99 Å². The van der Waals surface area contributed by atoms with Gasteiger partial charge in [-0.05, 0) is 69.1 Å². The minimum Gasteiger partial charge on any atom is -0.454 e. The summed E-state index contributed by atoms with van der Waals surface area (Å²) in [7, 11) is 0. The van der Waals surface area contributed by atoms with Crippen molar-refractivity contribution in [2.75, 3.05) is 0 Å². The number of para-hydroxylation sites is 1. The summed E-state index contributed by atoms with van der Waals surface area (Å²) < 4.78 is 9.32. The molecule has 2 aromatic heterocycles.